The van der Waals surface area contributed by atoms with E-state index in [0.717, 1.165) is 10.6 Å². The fourth-order valence-electron chi connectivity index (χ4n) is 8.07. The number of β-amino-alcohol motifs (C(OH)–C–C–N with tert-alkyl or cyclic N) is 1. The van der Waals surface area contributed by atoms with Crippen LogP contribution in [0.25, 0.3) is 10.9 Å². The van der Waals surface area contributed by atoms with Crippen LogP contribution in [0.1, 0.15) is 53.3 Å². The number of rotatable bonds is 10. The fraction of sp³-hybridized carbons (Fsp3) is 0.400. The van der Waals surface area contributed by atoms with Gasteiger partial charge >= 0.3 is 0 Å². The summed E-state index contributed by atoms with van der Waals surface area (Å²) in [6.45, 7) is 5.42. The second kappa shape index (κ2) is 15.4. The van der Waals surface area contributed by atoms with Crippen LogP contribution in [0.15, 0.2) is 53.5 Å². The zero-order valence-electron chi connectivity index (χ0n) is 32.0. The standard InChI is InChI=1S/C40H42ClN9O8/c1-23(51)21-58-32-18-24-17-25(3-6-30(24)46(2)38(32)56)43-34-29(41)20-42-39(45-34)49-11-9-40(57,10-12-49)22-47-13-15-48(16-14-47)26-4-5-27-28(19-26)37(55)50(36(27)54)31-7-8-33(52)44-35(31)53/h3-6,17-20,31,57H,7-16,21-22H2,1-2H3,(H,42,43,45)(H,44,52,53). The summed E-state index contributed by atoms with van der Waals surface area (Å²) >= 11 is 6.52. The molecule has 1 atom stereocenters. The van der Waals surface area contributed by atoms with Gasteiger partial charge in [0.05, 0.1) is 28.4 Å². The summed E-state index contributed by atoms with van der Waals surface area (Å²) in [4.78, 5) is 91.3. The van der Waals surface area contributed by atoms with Gasteiger partial charge in [0.25, 0.3) is 17.4 Å². The Morgan fingerprint density at radius 1 is 0.966 bits per heavy atom. The molecule has 0 radical (unpaired) electrons. The van der Waals surface area contributed by atoms with Crippen LogP contribution in [0, 0.1) is 0 Å². The Morgan fingerprint density at radius 2 is 1.71 bits per heavy atom. The minimum atomic E-state index is -1.01. The number of carbonyl (C=O) groups is 5. The fourth-order valence-corrected chi connectivity index (χ4v) is 8.20. The molecule has 8 rings (SSSR count). The summed E-state index contributed by atoms with van der Waals surface area (Å²) < 4.78 is 6.92. The number of pyridine rings is 1. The number of imide groups is 2. The quantitative estimate of drug-likeness (QED) is 0.197. The van der Waals surface area contributed by atoms with Crippen LogP contribution in [-0.2, 0) is 21.4 Å². The lowest BCUT2D eigenvalue weighted by Crippen LogP contribution is -2.55. The first-order chi connectivity index (χ1) is 27.8. The summed E-state index contributed by atoms with van der Waals surface area (Å²) in [6.07, 6.45) is 2.71. The average molecular weight is 812 g/mol. The second-order valence-electron chi connectivity index (χ2n) is 15.3. The van der Waals surface area contributed by atoms with Gasteiger partial charge in [-0.2, -0.15) is 4.98 Å². The van der Waals surface area contributed by atoms with Crippen molar-refractivity contribution in [2.24, 2.45) is 7.05 Å². The van der Waals surface area contributed by atoms with Gasteiger partial charge in [-0.05, 0) is 68.7 Å². The van der Waals surface area contributed by atoms with Gasteiger partial charge in [0.1, 0.15) is 17.7 Å². The molecule has 3 saturated heterocycles. The van der Waals surface area contributed by atoms with Gasteiger partial charge in [-0.3, -0.25) is 43.9 Å². The maximum atomic E-state index is 13.3. The summed E-state index contributed by atoms with van der Waals surface area (Å²) in [5.41, 5.74) is 1.38. The van der Waals surface area contributed by atoms with Crippen LogP contribution in [0.2, 0.25) is 5.02 Å². The molecule has 2 aromatic heterocycles. The highest BCUT2D eigenvalue weighted by atomic mass is 35.5. The van der Waals surface area contributed by atoms with Crippen molar-refractivity contribution < 1.29 is 33.8 Å². The van der Waals surface area contributed by atoms with Crippen molar-refractivity contribution in [2.45, 2.75) is 44.2 Å². The Hall–Kier alpha value is -5.91. The Bertz CT molecular complexity index is 2420. The third kappa shape index (κ3) is 7.59. The van der Waals surface area contributed by atoms with Gasteiger partial charge in [-0.15, -0.1) is 0 Å². The van der Waals surface area contributed by atoms with Crippen LogP contribution in [-0.4, -0.2) is 123 Å². The molecule has 302 valence electrons. The van der Waals surface area contributed by atoms with Gasteiger partial charge in [0.2, 0.25) is 17.8 Å². The predicted octanol–water partition coefficient (Wildman–Crippen LogP) is 2.25. The summed E-state index contributed by atoms with van der Waals surface area (Å²) in [7, 11) is 1.64. The molecule has 4 aromatic rings. The molecule has 4 aliphatic rings. The zero-order valence-corrected chi connectivity index (χ0v) is 32.8. The minimum absolute atomic E-state index is 0.0624. The molecule has 6 heterocycles. The average Bonchev–Trinajstić information content (AvgIpc) is 3.44. The topological polar surface area (TPSA) is 200 Å². The molecular weight excluding hydrogens is 770 g/mol. The molecule has 3 fully saturated rings. The van der Waals surface area contributed by atoms with Crippen molar-refractivity contribution in [3.8, 4) is 5.75 Å². The Kier molecular flexibility index (Phi) is 10.4. The van der Waals surface area contributed by atoms with Crippen LogP contribution < -0.4 is 30.7 Å². The molecule has 58 heavy (non-hydrogen) atoms. The molecule has 4 amide bonds. The number of ketones is 1. The summed E-state index contributed by atoms with van der Waals surface area (Å²) in [5.74, 6) is -1.37. The maximum Gasteiger partial charge on any atom is 0.293 e. The lowest BCUT2D eigenvalue weighted by Gasteiger charge is -2.43. The maximum absolute atomic E-state index is 13.3. The molecule has 0 spiro atoms. The highest BCUT2D eigenvalue weighted by molar-refractivity contribution is 6.33. The molecule has 0 bridgehead atoms. The van der Waals surface area contributed by atoms with Crippen LogP contribution in [0.5, 0.6) is 5.75 Å². The van der Waals surface area contributed by atoms with E-state index >= 15 is 0 Å². The number of piperidine rings is 2. The smallest absolute Gasteiger partial charge is 0.293 e. The first-order valence-electron chi connectivity index (χ1n) is 19.1. The number of Topliss-reactive ketones (excluding diaryl/α,β-unsaturated/α-hetero) is 1. The van der Waals surface area contributed by atoms with E-state index in [2.05, 4.69) is 25.4 Å². The van der Waals surface area contributed by atoms with Crippen LogP contribution in [0.3, 0.4) is 0 Å². The Morgan fingerprint density at radius 3 is 2.43 bits per heavy atom. The third-order valence-corrected chi connectivity index (χ3v) is 11.5. The van der Waals surface area contributed by atoms with E-state index in [1.165, 1.54) is 17.7 Å². The van der Waals surface area contributed by atoms with E-state index in [1.54, 1.807) is 31.3 Å². The number of aryl methyl sites for hydroxylation is 1. The lowest BCUT2D eigenvalue weighted by atomic mass is 9.90. The molecule has 4 aliphatic heterocycles. The van der Waals surface area contributed by atoms with Crippen LogP contribution >= 0.6 is 11.6 Å². The van der Waals surface area contributed by atoms with Gasteiger partial charge < -0.3 is 29.5 Å². The minimum Gasteiger partial charge on any atom is -0.480 e. The number of nitrogens with zero attached hydrogens (tertiary/aromatic N) is 7. The Balaban J connectivity index is 0.861. The molecule has 2 aromatic carbocycles. The predicted molar refractivity (Wildman–Crippen MR) is 214 cm³/mol. The van der Waals surface area contributed by atoms with Gasteiger partial charge in [0.15, 0.2) is 17.4 Å². The van der Waals surface area contributed by atoms with E-state index in [1.807, 2.05) is 23.1 Å². The number of fused-ring (bicyclic) bond motifs is 2. The SMILES string of the molecule is CC(=O)COc1cc2cc(Nc3nc(N4CCC(O)(CN5CCN(c6ccc7c(c6)C(=O)N(C6CCC(=O)NC6=O)C7=O)CC5)CC4)ncc3Cl)ccc2n(C)c1=O. The van der Waals surface area contributed by atoms with Crippen molar-refractivity contribution in [1.29, 1.82) is 0 Å². The number of ether oxygens (including phenoxy) is 1. The Labute approximate surface area is 337 Å². The van der Waals surface area contributed by atoms with E-state index in [0.29, 0.717) is 92.0 Å². The number of aliphatic hydroxyl groups is 1. The first-order valence-corrected chi connectivity index (χ1v) is 19.5. The van der Waals surface area contributed by atoms with Crippen molar-refractivity contribution in [2.75, 3.05) is 67.5 Å². The normalized spacial score (nSPS) is 19.7. The van der Waals surface area contributed by atoms with Gasteiger partial charge in [-0.1, -0.05) is 11.6 Å². The second-order valence-corrected chi connectivity index (χ2v) is 15.7. The number of halogens is 1. The number of hydrogen-bond acceptors (Lipinski definition) is 14. The molecule has 18 heteroatoms. The first kappa shape index (κ1) is 38.9. The number of nitrogens with one attached hydrogen (secondary N) is 2. The van der Waals surface area contributed by atoms with E-state index in [-0.39, 0.29) is 47.7 Å². The van der Waals surface area contributed by atoms with Crippen molar-refractivity contribution in [3.63, 3.8) is 0 Å². The number of benzene rings is 2. The molecular formula is C40H42ClN9O8. The molecule has 0 aliphatic carbocycles. The van der Waals surface area contributed by atoms with Crippen LogP contribution in [0.4, 0.5) is 23.1 Å². The zero-order chi connectivity index (χ0) is 40.9. The van der Waals surface area contributed by atoms with Gasteiger partial charge in [-0.25, -0.2) is 4.98 Å². The van der Waals surface area contributed by atoms with E-state index in [9.17, 15) is 33.9 Å². The van der Waals surface area contributed by atoms with E-state index < -0.39 is 35.3 Å². The largest absolute Gasteiger partial charge is 0.480 e. The van der Waals surface area contributed by atoms with E-state index in [4.69, 9.17) is 21.3 Å². The monoisotopic (exact) mass is 811 g/mol. The van der Waals surface area contributed by atoms with Gasteiger partial charge in [0, 0.05) is 76.0 Å². The van der Waals surface area contributed by atoms with Crippen molar-refractivity contribution >= 4 is 75.1 Å². The highest BCUT2D eigenvalue weighted by Gasteiger charge is 2.45. The molecule has 3 N–H and O–H groups in total. The number of anilines is 4. The summed E-state index contributed by atoms with van der Waals surface area (Å²) in [6, 6.07) is 11.2. The molecule has 1 unspecified atom stereocenters. The highest BCUT2D eigenvalue weighted by Crippen LogP contribution is 2.33. The number of aromatic nitrogens is 3. The lowest BCUT2D eigenvalue weighted by molar-refractivity contribution is -0.136. The molecule has 0 saturated carbocycles. The number of piperazine rings is 1. The third-order valence-electron chi connectivity index (χ3n) is 11.3. The van der Waals surface area contributed by atoms with Crippen molar-refractivity contribution in [1.82, 2.24) is 29.7 Å². The number of hydrogen-bond donors (Lipinski definition) is 3. The summed E-state index contributed by atoms with van der Waals surface area (Å²) in [5, 5.41) is 18.2. The molecule has 17 nitrogen and oxygen atoms in total. The number of carbonyl (C=O) groups excluding carboxylic acids is 5. The number of amides is 4. The van der Waals surface area contributed by atoms with Crippen molar-refractivity contribution in [3.05, 3.63) is 75.2 Å².